The van der Waals surface area contributed by atoms with Crippen molar-refractivity contribution in [1.29, 1.82) is 0 Å². The Morgan fingerprint density at radius 2 is 1.56 bits per heavy atom. The van der Waals surface area contributed by atoms with Crippen LogP contribution in [-0.2, 0) is 11.2 Å². The van der Waals surface area contributed by atoms with Crippen LogP contribution < -0.4 is 24.3 Å². The molecule has 0 spiro atoms. The summed E-state index contributed by atoms with van der Waals surface area (Å²) in [5.41, 5.74) is 1.73. The van der Waals surface area contributed by atoms with Crippen molar-refractivity contribution in [3.05, 3.63) is 42.0 Å². The van der Waals surface area contributed by atoms with Gasteiger partial charge in [0.15, 0.2) is 23.0 Å². The second-order valence-corrected chi connectivity index (χ2v) is 7.45. The Morgan fingerprint density at radius 3 is 2.25 bits per heavy atom. The van der Waals surface area contributed by atoms with Gasteiger partial charge in [-0.3, -0.25) is 4.79 Å². The van der Waals surface area contributed by atoms with Crippen molar-refractivity contribution in [1.82, 2.24) is 15.5 Å². The van der Waals surface area contributed by atoms with E-state index in [4.69, 9.17) is 23.4 Å². The van der Waals surface area contributed by atoms with E-state index in [1.807, 2.05) is 18.2 Å². The van der Waals surface area contributed by atoms with Crippen LogP contribution in [0.3, 0.4) is 0 Å². The molecule has 1 heterocycles. The molecular formula is C22H25N3O6S. The number of carbonyl (C=O) groups excluding carboxylic acids is 1. The Balaban J connectivity index is 1.48. The molecule has 0 atom stereocenters. The highest BCUT2D eigenvalue weighted by Crippen LogP contribution is 2.32. The van der Waals surface area contributed by atoms with E-state index >= 15 is 0 Å². The smallest absolute Gasteiger partial charge is 0.277 e. The van der Waals surface area contributed by atoms with Crippen LogP contribution in [0, 0.1) is 0 Å². The van der Waals surface area contributed by atoms with Crippen LogP contribution in [-0.4, -0.2) is 56.8 Å². The van der Waals surface area contributed by atoms with Gasteiger partial charge in [-0.1, -0.05) is 17.8 Å². The number of nitrogens with zero attached hydrogens (tertiary/aromatic N) is 2. The zero-order valence-corrected chi connectivity index (χ0v) is 19.2. The van der Waals surface area contributed by atoms with Crippen molar-refractivity contribution in [2.24, 2.45) is 0 Å². The first-order valence-corrected chi connectivity index (χ1v) is 10.7. The molecule has 10 heteroatoms. The SMILES string of the molecule is COc1ccc(CCNC(=O)CSc2nnc(-c3ccc(OC)c(OC)c3)o2)cc1OC. The van der Waals surface area contributed by atoms with Gasteiger partial charge in [0.1, 0.15) is 0 Å². The molecule has 0 aliphatic heterocycles. The molecule has 170 valence electrons. The summed E-state index contributed by atoms with van der Waals surface area (Å²) < 4.78 is 26.7. The number of methoxy groups -OCH3 is 4. The second-order valence-electron chi connectivity index (χ2n) is 6.52. The number of nitrogens with one attached hydrogen (secondary N) is 1. The van der Waals surface area contributed by atoms with E-state index in [9.17, 15) is 4.79 Å². The quantitative estimate of drug-likeness (QED) is 0.433. The summed E-state index contributed by atoms with van der Waals surface area (Å²) >= 11 is 1.17. The van der Waals surface area contributed by atoms with Crippen molar-refractivity contribution in [2.45, 2.75) is 11.6 Å². The number of amides is 1. The van der Waals surface area contributed by atoms with Gasteiger partial charge in [0.25, 0.3) is 5.22 Å². The maximum absolute atomic E-state index is 12.2. The normalized spacial score (nSPS) is 10.5. The van der Waals surface area contributed by atoms with E-state index in [0.717, 1.165) is 5.56 Å². The first kappa shape index (κ1) is 23.3. The number of hydrogen-bond donors (Lipinski definition) is 1. The maximum atomic E-state index is 12.2. The number of ether oxygens (including phenoxy) is 4. The number of thioether (sulfide) groups is 1. The number of carbonyl (C=O) groups is 1. The molecule has 0 aliphatic carbocycles. The minimum Gasteiger partial charge on any atom is -0.493 e. The van der Waals surface area contributed by atoms with E-state index in [1.54, 1.807) is 46.6 Å². The summed E-state index contributed by atoms with van der Waals surface area (Å²) in [7, 11) is 6.31. The van der Waals surface area contributed by atoms with E-state index < -0.39 is 0 Å². The lowest BCUT2D eigenvalue weighted by Gasteiger charge is -2.10. The summed E-state index contributed by atoms with van der Waals surface area (Å²) in [5, 5.41) is 11.2. The molecule has 32 heavy (non-hydrogen) atoms. The van der Waals surface area contributed by atoms with Crippen LogP contribution in [0.5, 0.6) is 23.0 Å². The molecule has 9 nitrogen and oxygen atoms in total. The van der Waals surface area contributed by atoms with Gasteiger partial charge in [-0.15, -0.1) is 10.2 Å². The van der Waals surface area contributed by atoms with Crippen LogP contribution in [0.2, 0.25) is 0 Å². The molecule has 0 fully saturated rings. The summed E-state index contributed by atoms with van der Waals surface area (Å²) in [6.45, 7) is 0.496. The van der Waals surface area contributed by atoms with Crippen LogP contribution in [0.4, 0.5) is 0 Å². The van der Waals surface area contributed by atoms with Crippen molar-refractivity contribution in [3.63, 3.8) is 0 Å². The summed E-state index contributed by atoms with van der Waals surface area (Å²) in [6, 6.07) is 11.0. The van der Waals surface area contributed by atoms with Gasteiger partial charge in [-0.25, -0.2) is 0 Å². The van der Waals surface area contributed by atoms with Crippen LogP contribution in [0.1, 0.15) is 5.56 Å². The molecule has 0 saturated heterocycles. The molecule has 1 amide bonds. The van der Waals surface area contributed by atoms with Gasteiger partial charge in [-0.2, -0.15) is 0 Å². The van der Waals surface area contributed by atoms with Crippen molar-refractivity contribution < 1.29 is 28.2 Å². The van der Waals surface area contributed by atoms with Gasteiger partial charge < -0.3 is 28.7 Å². The number of benzene rings is 2. The fourth-order valence-electron chi connectivity index (χ4n) is 2.91. The fourth-order valence-corrected chi connectivity index (χ4v) is 3.51. The highest BCUT2D eigenvalue weighted by Gasteiger charge is 2.14. The third-order valence-corrected chi connectivity index (χ3v) is 5.37. The van der Waals surface area contributed by atoms with Gasteiger partial charge >= 0.3 is 0 Å². The Labute approximate surface area is 190 Å². The monoisotopic (exact) mass is 459 g/mol. The maximum Gasteiger partial charge on any atom is 0.277 e. The number of rotatable bonds is 11. The minimum absolute atomic E-state index is 0.124. The molecular weight excluding hydrogens is 434 g/mol. The summed E-state index contributed by atoms with van der Waals surface area (Å²) in [5.74, 6) is 2.88. The molecule has 0 aliphatic rings. The molecule has 3 rings (SSSR count). The Kier molecular flexibility index (Phi) is 8.20. The lowest BCUT2D eigenvalue weighted by atomic mass is 10.1. The highest BCUT2D eigenvalue weighted by molar-refractivity contribution is 7.99. The third kappa shape index (κ3) is 5.85. The number of hydrogen-bond acceptors (Lipinski definition) is 9. The van der Waals surface area contributed by atoms with Crippen LogP contribution >= 0.6 is 11.8 Å². The zero-order chi connectivity index (χ0) is 22.9. The lowest BCUT2D eigenvalue weighted by Crippen LogP contribution is -2.27. The third-order valence-electron chi connectivity index (χ3n) is 4.55. The van der Waals surface area contributed by atoms with E-state index in [-0.39, 0.29) is 11.7 Å². The second kappa shape index (κ2) is 11.3. The lowest BCUT2D eigenvalue weighted by molar-refractivity contribution is -0.118. The Morgan fingerprint density at radius 1 is 0.906 bits per heavy atom. The molecule has 2 aromatic carbocycles. The minimum atomic E-state index is -0.124. The fraction of sp³-hybridized carbons (Fsp3) is 0.318. The first-order valence-electron chi connectivity index (χ1n) is 9.74. The topological polar surface area (TPSA) is 105 Å². The van der Waals surface area contributed by atoms with E-state index in [2.05, 4.69) is 15.5 Å². The van der Waals surface area contributed by atoms with Crippen LogP contribution in [0.25, 0.3) is 11.5 Å². The summed E-state index contributed by atoms with van der Waals surface area (Å²) in [6.07, 6.45) is 0.667. The predicted octanol–water partition coefficient (Wildman–Crippen LogP) is 3.22. The highest BCUT2D eigenvalue weighted by atomic mass is 32.2. The average Bonchev–Trinajstić information content (AvgIpc) is 3.31. The van der Waals surface area contributed by atoms with Gasteiger partial charge in [-0.05, 0) is 42.3 Å². The molecule has 3 aromatic rings. The molecule has 0 radical (unpaired) electrons. The summed E-state index contributed by atoms with van der Waals surface area (Å²) in [4.78, 5) is 12.2. The molecule has 0 bridgehead atoms. The standard InChI is InChI=1S/C22H25N3O6S/c1-27-16-7-5-14(11-18(16)29-3)9-10-23-20(26)13-32-22-25-24-21(31-22)15-6-8-17(28-2)19(12-15)30-4/h5-8,11-12H,9-10,13H2,1-4H3,(H,23,26). The van der Waals surface area contributed by atoms with Crippen molar-refractivity contribution in [2.75, 3.05) is 40.7 Å². The first-order chi connectivity index (χ1) is 15.6. The average molecular weight is 460 g/mol. The largest absolute Gasteiger partial charge is 0.493 e. The predicted molar refractivity (Wildman–Crippen MR) is 120 cm³/mol. The molecule has 0 unspecified atom stereocenters. The van der Waals surface area contributed by atoms with Gasteiger partial charge in [0.2, 0.25) is 11.8 Å². The van der Waals surface area contributed by atoms with Gasteiger partial charge in [0.05, 0.1) is 34.2 Å². The molecule has 1 N–H and O–H groups in total. The van der Waals surface area contributed by atoms with Crippen molar-refractivity contribution in [3.8, 4) is 34.5 Å². The van der Waals surface area contributed by atoms with Gasteiger partial charge in [0, 0.05) is 12.1 Å². The van der Waals surface area contributed by atoms with Crippen molar-refractivity contribution >= 4 is 17.7 Å². The zero-order valence-electron chi connectivity index (χ0n) is 18.3. The molecule has 1 aromatic heterocycles. The van der Waals surface area contributed by atoms with Crippen LogP contribution in [0.15, 0.2) is 46.0 Å². The van der Waals surface area contributed by atoms with E-state index in [1.165, 1.54) is 11.8 Å². The Hall–Kier alpha value is -3.40. The van der Waals surface area contributed by atoms with E-state index in [0.29, 0.717) is 52.6 Å². The number of aromatic nitrogens is 2. The Bertz CT molecular complexity index is 1060. The molecule has 0 saturated carbocycles.